The van der Waals surface area contributed by atoms with Crippen LogP contribution in [0.3, 0.4) is 0 Å². The van der Waals surface area contributed by atoms with E-state index >= 15 is 0 Å². The smallest absolute Gasteiger partial charge is 0.406 e. The van der Waals surface area contributed by atoms with Crippen molar-refractivity contribution in [2.75, 3.05) is 0 Å². The van der Waals surface area contributed by atoms with Gasteiger partial charge < -0.3 is 10.5 Å². The molecule has 2 N–H and O–H groups in total. The Morgan fingerprint density at radius 2 is 1.67 bits per heavy atom. The molecule has 0 aliphatic carbocycles. The molecule has 21 heavy (non-hydrogen) atoms. The number of ether oxygens (including phenoxy) is 1. The average Bonchev–Trinajstić information content (AvgIpc) is 2.25. The SMILES string of the molecule is Cl.N[C@H](CCC(F)(F)F)c1cc(OC(F)(F)F)ccc1F. The van der Waals surface area contributed by atoms with E-state index in [0.717, 1.165) is 0 Å². The predicted molar refractivity (Wildman–Crippen MR) is 62.5 cm³/mol. The fourth-order valence-corrected chi connectivity index (χ4v) is 1.48. The highest BCUT2D eigenvalue weighted by Crippen LogP contribution is 2.30. The van der Waals surface area contributed by atoms with E-state index in [4.69, 9.17) is 5.73 Å². The zero-order valence-corrected chi connectivity index (χ0v) is 11.1. The minimum Gasteiger partial charge on any atom is -0.406 e. The molecule has 0 saturated carbocycles. The van der Waals surface area contributed by atoms with Gasteiger partial charge >= 0.3 is 12.5 Å². The van der Waals surface area contributed by atoms with Crippen LogP contribution in [0.15, 0.2) is 18.2 Å². The first-order valence-electron chi connectivity index (χ1n) is 5.35. The number of benzene rings is 1. The summed E-state index contributed by atoms with van der Waals surface area (Å²) < 4.78 is 88.9. The van der Waals surface area contributed by atoms with Crippen molar-refractivity contribution in [1.29, 1.82) is 0 Å². The first-order valence-corrected chi connectivity index (χ1v) is 5.35. The third-order valence-corrected chi connectivity index (χ3v) is 2.34. The number of hydrogen-bond donors (Lipinski definition) is 1. The van der Waals surface area contributed by atoms with E-state index < -0.39 is 48.6 Å². The lowest BCUT2D eigenvalue weighted by Crippen LogP contribution is -2.19. The van der Waals surface area contributed by atoms with Crippen molar-refractivity contribution in [2.45, 2.75) is 31.4 Å². The van der Waals surface area contributed by atoms with Crippen LogP contribution in [0.2, 0.25) is 0 Å². The van der Waals surface area contributed by atoms with Crippen molar-refractivity contribution in [2.24, 2.45) is 5.73 Å². The molecule has 1 aromatic carbocycles. The van der Waals surface area contributed by atoms with Crippen LogP contribution in [0, 0.1) is 5.82 Å². The molecule has 0 spiro atoms. The second-order valence-electron chi connectivity index (χ2n) is 3.99. The van der Waals surface area contributed by atoms with Gasteiger partial charge in [-0.25, -0.2) is 4.39 Å². The summed E-state index contributed by atoms with van der Waals surface area (Å²) in [6.07, 6.45) is -11.4. The van der Waals surface area contributed by atoms with Gasteiger partial charge in [-0.3, -0.25) is 0 Å². The van der Waals surface area contributed by atoms with Crippen molar-refractivity contribution < 1.29 is 35.5 Å². The van der Waals surface area contributed by atoms with Gasteiger partial charge in [-0.1, -0.05) is 0 Å². The zero-order chi connectivity index (χ0) is 15.6. The van der Waals surface area contributed by atoms with E-state index in [1.54, 1.807) is 0 Å². The second kappa shape index (κ2) is 7.17. The van der Waals surface area contributed by atoms with E-state index in [1.165, 1.54) is 0 Å². The maximum Gasteiger partial charge on any atom is 0.573 e. The van der Waals surface area contributed by atoms with Crippen molar-refractivity contribution in [3.05, 3.63) is 29.6 Å². The molecule has 0 unspecified atom stereocenters. The minimum absolute atomic E-state index is 0. The van der Waals surface area contributed by atoms with Crippen LogP contribution in [0.5, 0.6) is 5.75 Å². The van der Waals surface area contributed by atoms with Gasteiger partial charge in [0, 0.05) is 18.0 Å². The molecule has 0 aromatic heterocycles. The molecule has 0 bridgehead atoms. The molecule has 1 aromatic rings. The van der Waals surface area contributed by atoms with Crippen LogP contribution in [0.4, 0.5) is 30.7 Å². The Labute approximate surface area is 121 Å². The third kappa shape index (κ3) is 7.37. The largest absolute Gasteiger partial charge is 0.573 e. The van der Waals surface area contributed by atoms with Crippen molar-refractivity contribution in [1.82, 2.24) is 0 Å². The number of halogens is 8. The first-order chi connectivity index (χ1) is 8.98. The molecule has 0 aliphatic rings. The Balaban J connectivity index is 0.00000400. The molecule has 10 heteroatoms. The fourth-order valence-electron chi connectivity index (χ4n) is 1.48. The quantitative estimate of drug-likeness (QED) is 0.819. The number of nitrogens with two attached hydrogens (primary N) is 1. The van der Waals surface area contributed by atoms with Crippen LogP contribution in [-0.4, -0.2) is 12.5 Å². The highest BCUT2D eigenvalue weighted by atomic mass is 35.5. The van der Waals surface area contributed by atoms with E-state index in [-0.39, 0.29) is 12.4 Å². The lowest BCUT2D eigenvalue weighted by Gasteiger charge is -2.16. The summed E-state index contributed by atoms with van der Waals surface area (Å²) in [6, 6.07) is 0.629. The molecule has 122 valence electrons. The molecule has 1 atom stereocenters. The summed E-state index contributed by atoms with van der Waals surface area (Å²) >= 11 is 0. The summed E-state index contributed by atoms with van der Waals surface area (Å²) in [5, 5.41) is 0. The normalized spacial score (nSPS) is 13.5. The second-order valence-corrected chi connectivity index (χ2v) is 3.99. The zero-order valence-electron chi connectivity index (χ0n) is 10.3. The maximum absolute atomic E-state index is 13.4. The first kappa shape index (κ1) is 19.8. The highest BCUT2D eigenvalue weighted by molar-refractivity contribution is 5.85. The van der Waals surface area contributed by atoms with E-state index in [2.05, 4.69) is 4.74 Å². The molecule has 0 aliphatic heterocycles. The van der Waals surface area contributed by atoms with Gasteiger partial charge in [-0.05, 0) is 24.6 Å². The minimum atomic E-state index is -4.98. The molecule has 0 fully saturated rings. The Morgan fingerprint density at radius 1 is 1.10 bits per heavy atom. The third-order valence-electron chi connectivity index (χ3n) is 2.34. The van der Waals surface area contributed by atoms with Crippen LogP contribution >= 0.6 is 12.4 Å². The molecule has 0 saturated heterocycles. The van der Waals surface area contributed by atoms with Crippen molar-refractivity contribution in [3.8, 4) is 5.75 Å². The van der Waals surface area contributed by atoms with Crippen molar-refractivity contribution >= 4 is 12.4 Å². The molecular formula is C11H11ClF7NO. The van der Waals surface area contributed by atoms with Gasteiger partial charge in [0.1, 0.15) is 11.6 Å². The molecule has 0 radical (unpaired) electrons. The van der Waals surface area contributed by atoms with Crippen LogP contribution in [0.1, 0.15) is 24.4 Å². The molecular weight excluding hydrogens is 331 g/mol. The Kier molecular flexibility index (Phi) is 6.75. The Hall–Kier alpha value is -1.22. The van der Waals surface area contributed by atoms with Gasteiger partial charge in [0.2, 0.25) is 0 Å². The van der Waals surface area contributed by atoms with Crippen LogP contribution in [0.25, 0.3) is 0 Å². The van der Waals surface area contributed by atoms with Gasteiger partial charge in [0.15, 0.2) is 0 Å². The Morgan fingerprint density at radius 3 is 2.14 bits per heavy atom. The van der Waals surface area contributed by atoms with Gasteiger partial charge in [0.05, 0.1) is 0 Å². The molecule has 2 nitrogen and oxygen atoms in total. The number of hydrogen-bond acceptors (Lipinski definition) is 2. The maximum atomic E-state index is 13.4. The van der Waals surface area contributed by atoms with E-state index in [9.17, 15) is 30.7 Å². The van der Waals surface area contributed by atoms with Crippen molar-refractivity contribution in [3.63, 3.8) is 0 Å². The van der Waals surface area contributed by atoms with Crippen LogP contribution < -0.4 is 10.5 Å². The monoisotopic (exact) mass is 341 g/mol. The summed E-state index contributed by atoms with van der Waals surface area (Å²) in [5.41, 5.74) is 4.90. The summed E-state index contributed by atoms with van der Waals surface area (Å²) in [4.78, 5) is 0. The van der Waals surface area contributed by atoms with Crippen LogP contribution in [-0.2, 0) is 0 Å². The summed E-state index contributed by atoms with van der Waals surface area (Å²) in [6.45, 7) is 0. The number of rotatable bonds is 4. The van der Waals surface area contributed by atoms with Gasteiger partial charge in [0.25, 0.3) is 0 Å². The summed E-state index contributed by atoms with van der Waals surface area (Å²) in [5.74, 6) is -1.73. The number of alkyl halides is 6. The lowest BCUT2D eigenvalue weighted by molar-refractivity contribution is -0.274. The average molecular weight is 342 g/mol. The Bertz CT molecular complexity index is 461. The lowest BCUT2D eigenvalue weighted by atomic mass is 10.0. The summed E-state index contributed by atoms with van der Waals surface area (Å²) in [7, 11) is 0. The highest BCUT2D eigenvalue weighted by Gasteiger charge is 2.32. The van der Waals surface area contributed by atoms with E-state index in [1.807, 2.05) is 0 Å². The topological polar surface area (TPSA) is 35.2 Å². The van der Waals surface area contributed by atoms with Gasteiger partial charge in [-0.15, -0.1) is 25.6 Å². The fraction of sp³-hybridized carbons (Fsp3) is 0.455. The predicted octanol–water partition coefficient (Wildman–Crippen LogP) is 4.49. The molecule has 1 rings (SSSR count). The molecule has 0 amide bonds. The van der Waals surface area contributed by atoms with Gasteiger partial charge in [-0.2, -0.15) is 13.2 Å². The van der Waals surface area contributed by atoms with E-state index in [0.29, 0.717) is 18.2 Å². The molecule has 0 heterocycles. The standard InChI is InChI=1S/C11H10F7NO.ClH/c12-8-2-1-6(20-11(16,17)18)5-7(8)9(19)3-4-10(13,14)15;/h1-2,5,9H,3-4,19H2;1H/t9-;/m1./s1.